The Kier molecular flexibility index (Phi) is 3.16. The molecule has 2 fully saturated rings. The number of carbonyl (C=O) groups is 2. The van der Waals surface area contributed by atoms with Crippen LogP contribution in [0.25, 0.3) is 0 Å². The highest BCUT2D eigenvalue weighted by Crippen LogP contribution is 2.37. The summed E-state index contributed by atoms with van der Waals surface area (Å²) in [6.07, 6.45) is 6.83. The Balaban J connectivity index is 1.55. The van der Waals surface area contributed by atoms with E-state index < -0.39 is 0 Å². The van der Waals surface area contributed by atoms with Gasteiger partial charge in [-0.1, -0.05) is 17.8 Å². The molecule has 1 aliphatic carbocycles. The fourth-order valence-corrected chi connectivity index (χ4v) is 3.70. The number of nitrogens with zero attached hydrogens (tertiary/aromatic N) is 1. The Morgan fingerprint density at radius 3 is 3.11 bits per heavy atom. The first-order chi connectivity index (χ1) is 8.72. The molecule has 0 bridgehead atoms. The molecule has 2 saturated heterocycles. The average Bonchev–Trinajstić information content (AvgIpc) is 2.92. The monoisotopic (exact) mass is 264 g/mol. The minimum Gasteiger partial charge on any atom is -0.372 e. The minimum atomic E-state index is 0.179. The van der Waals surface area contributed by atoms with E-state index in [1.807, 2.05) is 11.0 Å². The minimum absolute atomic E-state index is 0.179. The average molecular weight is 264 g/mol. The van der Waals surface area contributed by atoms with E-state index in [0.29, 0.717) is 18.2 Å². The predicted octanol–water partition coefficient (Wildman–Crippen LogP) is 1.40. The summed E-state index contributed by atoms with van der Waals surface area (Å²) in [5, 5.41) is 3.71. The van der Waals surface area contributed by atoms with Crippen LogP contribution in [0.3, 0.4) is 0 Å². The Bertz CT molecular complexity index is 456. The van der Waals surface area contributed by atoms with Crippen molar-refractivity contribution >= 4 is 23.5 Å². The molecule has 3 rings (SSSR count). The maximum atomic E-state index is 11.5. The first kappa shape index (κ1) is 11.8. The molecule has 3 aliphatic rings. The smallest absolute Gasteiger partial charge is 0.222 e. The van der Waals surface area contributed by atoms with Gasteiger partial charge in [-0.05, 0) is 18.9 Å². The number of hydrogen-bond donors (Lipinski definition) is 1. The standard InChI is InChI=1S/C13H16N2O2S/c16-9-3-4-10-11(8-9)18-12(14-10)5-7-15-6-1-2-13(15)17/h4,8,12,14H,1-3,5-7H2. The highest BCUT2D eigenvalue weighted by atomic mass is 32.2. The van der Waals surface area contributed by atoms with Gasteiger partial charge in [-0.2, -0.15) is 0 Å². The van der Waals surface area contributed by atoms with Gasteiger partial charge in [0.15, 0.2) is 5.78 Å². The molecule has 96 valence electrons. The number of carbonyl (C=O) groups excluding carboxylic acids is 2. The van der Waals surface area contributed by atoms with Crippen LogP contribution in [-0.4, -0.2) is 35.1 Å². The first-order valence-corrected chi connectivity index (χ1v) is 7.26. The van der Waals surface area contributed by atoms with Crippen LogP contribution in [0.5, 0.6) is 0 Å². The molecule has 0 saturated carbocycles. The van der Waals surface area contributed by atoms with Crippen molar-refractivity contribution in [3.63, 3.8) is 0 Å². The third-order valence-corrected chi connectivity index (χ3v) is 4.71. The topological polar surface area (TPSA) is 49.4 Å². The van der Waals surface area contributed by atoms with Crippen molar-refractivity contribution in [1.29, 1.82) is 0 Å². The van der Waals surface area contributed by atoms with E-state index in [0.717, 1.165) is 36.5 Å². The normalized spacial score (nSPS) is 26.9. The van der Waals surface area contributed by atoms with E-state index in [1.165, 1.54) is 0 Å². The molecule has 18 heavy (non-hydrogen) atoms. The summed E-state index contributed by atoms with van der Waals surface area (Å²) in [6, 6.07) is 0. The number of nitrogens with one attached hydrogen (secondary N) is 1. The Morgan fingerprint density at radius 1 is 1.44 bits per heavy atom. The van der Waals surface area contributed by atoms with Gasteiger partial charge in [-0.25, -0.2) is 0 Å². The van der Waals surface area contributed by atoms with E-state index in [9.17, 15) is 9.59 Å². The molecule has 4 nitrogen and oxygen atoms in total. The number of thioether (sulfide) groups is 1. The molecule has 0 radical (unpaired) electrons. The molecular formula is C13H16N2O2S. The largest absolute Gasteiger partial charge is 0.372 e. The highest BCUT2D eigenvalue weighted by Gasteiger charge is 2.28. The van der Waals surface area contributed by atoms with Crippen LogP contribution in [0.4, 0.5) is 0 Å². The van der Waals surface area contributed by atoms with E-state index in [2.05, 4.69) is 5.32 Å². The zero-order valence-corrected chi connectivity index (χ0v) is 11.0. The third kappa shape index (κ3) is 2.32. The maximum absolute atomic E-state index is 11.5. The number of fused-ring (bicyclic) bond motifs is 1. The Morgan fingerprint density at radius 2 is 2.33 bits per heavy atom. The molecule has 0 spiro atoms. The zero-order valence-electron chi connectivity index (χ0n) is 10.1. The maximum Gasteiger partial charge on any atom is 0.222 e. The van der Waals surface area contributed by atoms with Gasteiger partial charge in [0.25, 0.3) is 0 Å². The second-order valence-corrected chi connectivity index (χ2v) is 6.07. The molecule has 5 heteroatoms. The quantitative estimate of drug-likeness (QED) is 0.837. The number of amides is 1. The van der Waals surface area contributed by atoms with Crippen LogP contribution in [0.2, 0.25) is 0 Å². The summed E-state index contributed by atoms with van der Waals surface area (Å²) in [7, 11) is 0. The lowest BCUT2D eigenvalue weighted by atomic mass is 10.1. The number of likely N-dealkylation sites (tertiary alicyclic amines) is 1. The van der Waals surface area contributed by atoms with E-state index in [1.54, 1.807) is 17.8 Å². The van der Waals surface area contributed by atoms with Gasteiger partial charge in [-0.3, -0.25) is 9.59 Å². The van der Waals surface area contributed by atoms with Crippen molar-refractivity contribution in [3.05, 3.63) is 22.8 Å². The second kappa shape index (κ2) is 4.80. The van der Waals surface area contributed by atoms with Crippen molar-refractivity contribution < 1.29 is 9.59 Å². The molecule has 2 heterocycles. The molecule has 0 aromatic rings. The van der Waals surface area contributed by atoms with Gasteiger partial charge < -0.3 is 10.2 Å². The fraction of sp³-hybridized carbons (Fsp3) is 0.538. The van der Waals surface area contributed by atoms with Crippen LogP contribution in [0, 0.1) is 0 Å². The van der Waals surface area contributed by atoms with Gasteiger partial charge in [0.05, 0.1) is 5.37 Å². The van der Waals surface area contributed by atoms with E-state index in [-0.39, 0.29) is 11.7 Å². The van der Waals surface area contributed by atoms with Crippen LogP contribution in [-0.2, 0) is 9.59 Å². The molecule has 0 aromatic carbocycles. The first-order valence-electron chi connectivity index (χ1n) is 6.38. The number of rotatable bonds is 3. The summed E-state index contributed by atoms with van der Waals surface area (Å²) >= 11 is 1.71. The summed E-state index contributed by atoms with van der Waals surface area (Å²) < 4.78 is 0. The highest BCUT2D eigenvalue weighted by molar-refractivity contribution is 8.04. The van der Waals surface area contributed by atoms with E-state index in [4.69, 9.17) is 0 Å². The molecule has 1 atom stereocenters. The fourth-order valence-electron chi connectivity index (χ4n) is 2.51. The molecule has 2 aliphatic heterocycles. The molecule has 1 N–H and O–H groups in total. The number of ketones is 1. The Labute approximate surface area is 110 Å². The number of hydrogen-bond acceptors (Lipinski definition) is 4. The molecule has 1 unspecified atom stereocenters. The predicted molar refractivity (Wildman–Crippen MR) is 70.7 cm³/mol. The van der Waals surface area contributed by atoms with Crippen molar-refractivity contribution in [1.82, 2.24) is 10.2 Å². The van der Waals surface area contributed by atoms with Gasteiger partial charge in [0, 0.05) is 36.5 Å². The summed E-state index contributed by atoms with van der Waals surface area (Å²) in [4.78, 5) is 25.8. The lowest BCUT2D eigenvalue weighted by molar-refractivity contribution is -0.127. The summed E-state index contributed by atoms with van der Waals surface area (Å²) in [5.41, 5.74) is 1.09. The molecule has 0 aromatic heterocycles. The van der Waals surface area contributed by atoms with Gasteiger partial charge in [0.1, 0.15) is 0 Å². The number of allylic oxidation sites excluding steroid dienone is 2. The third-order valence-electron chi connectivity index (χ3n) is 3.48. The van der Waals surface area contributed by atoms with Gasteiger partial charge in [-0.15, -0.1) is 0 Å². The van der Waals surface area contributed by atoms with Crippen molar-refractivity contribution in [2.24, 2.45) is 0 Å². The SMILES string of the molecule is O=C1C=C2SC(CCN3CCCC3=O)NC2=CC1. The Hall–Kier alpha value is -1.23. The zero-order chi connectivity index (χ0) is 12.5. The summed E-state index contributed by atoms with van der Waals surface area (Å²) in [5.74, 6) is 0.461. The summed E-state index contributed by atoms with van der Waals surface area (Å²) in [6.45, 7) is 1.72. The van der Waals surface area contributed by atoms with Crippen LogP contribution in [0.15, 0.2) is 22.8 Å². The van der Waals surface area contributed by atoms with Crippen molar-refractivity contribution in [3.8, 4) is 0 Å². The van der Waals surface area contributed by atoms with Gasteiger partial charge >= 0.3 is 0 Å². The second-order valence-electron chi connectivity index (χ2n) is 4.82. The molecule has 1 amide bonds. The van der Waals surface area contributed by atoms with Crippen LogP contribution >= 0.6 is 11.8 Å². The lowest BCUT2D eigenvalue weighted by Gasteiger charge is -2.17. The van der Waals surface area contributed by atoms with Crippen LogP contribution < -0.4 is 5.32 Å². The van der Waals surface area contributed by atoms with Gasteiger partial charge in [0.2, 0.25) is 5.91 Å². The van der Waals surface area contributed by atoms with E-state index >= 15 is 0 Å². The van der Waals surface area contributed by atoms with Crippen molar-refractivity contribution in [2.75, 3.05) is 13.1 Å². The molecular weight excluding hydrogens is 248 g/mol. The van der Waals surface area contributed by atoms with Crippen LogP contribution in [0.1, 0.15) is 25.7 Å². The lowest BCUT2D eigenvalue weighted by Crippen LogP contribution is -2.30. The van der Waals surface area contributed by atoms with Crippen molar-refractivity contribution in [2.45, 2.75) is 31.1 Å².